The normalized spacial score (nSPS) is 32.1. The zero-order chi connectivity index (χ0) is 17.6. The van der Waals surface area contributed by atoms with Gasteiger partial charge in [-0.05, 0) is 62.3 Å². The van der Waals surface area contributed by atoms with E-state index in [1.165, 1.54) is 43.9 Å². The highest BCUT2D eigenvalue weighted by molar-refractivity contribution is 7.19. The van der Waals surface area contributed by atoms with Crippen molar-refractivity contribution in [3.8, 4) is 10.6 Å². The molecule has 1 N–H and O–H groups in total. The molecule has 0 unspecified atom stereocenters. The van der Waals surface area contributed by atoms with E-state index < -0.39 is 0 Å². The van der Waals surface area contributed by atoms with Crippen LogP contribution in [0.4, 0.5) is 0 Å². The van der Waals surface area contributed by atoms with Crippen molar-refractivity contribution in [2.75, 3.05) is 0 Å². The number of para-hydroxylation sites is 1. The minimum Gasteiger partial charge on any atom is -0.360 e. The van der Waals surface area contributed by atoms with Gasteiger partial charge in [0.2, 0.25) is 4.96 Å². The summed E-state index contributed by atoms with van der Waals surface area (Å²) in [6, 6.07) is 8.41. The fourth-order valence-corrected chi connectivity index (χ4v) is 7.56. The Morgan fingerprint density at radius 2 is 1.74 bits per heavy atom. The van der Waals surface area contributed by atoms with Gasteiger partial charge in [0.15, 0.2) is 5.82 Å². The van der Waals surface area contributed by atoms with Gasteiger partial charge in [0.1, 0.15) is 5.01 Å². The molecular formula is C21H21N5S. The van der Waals surface area contributed by atoms with E-state index in [1.54, 1.807) is 11.3 Å². The second kappa shape index (κ2) is 4.98. The number of rotatable bonds is 2. The van der Waals surface area contributed by atoms with E-state index >= 15 is 0 Å². The summed E-state index contributed by atoms with van der Waals surface area (Å²) < 4.78 is 2.08. The van der Waals surface area contributed by atoms with Crippen LogP contribution in [0.1, 0.15) is 44.3 Å². The minimum atomic E-state index is 0.222. The molecule has 0 aliphatic heterocycles. The maximum atomic E-state index is 5.01. The summed E-state index contributed by atoms with van der Waals surface area (Å²) in [6.45, 7) is 0. The number of hydrogen-bond donors (Lipinski definition) is 1. The number of nitrogens with zero attached hydrogens (tertiary/aromatic N) is 4. The first-order chi connectivity index (χ1) is 13.3. The molecule has 6 heteroatoms. The fraction of sp³-hybridized carbons (Fsp3) is 0.476. The molecule has 4 aliphatic carbocycles. The zero-order valence-electron chi connectivity index (χ0n) is 15.1. The smallest absolute Gasteiger partial charge is 0.235 e. The van der Waals surface area contributed by atoms with Crippen molar-refractivity contribution in [1.82, 2.24) is 24.8 Å². The molecule has 4 aromatic rings. The quantitative estimate of drug-likeness (QED) is 0.547. The molecule has 4 bridgehead atoms. The van der Waals surface area contributed by atoms with Crippen LogP contribution in [0.15, 0.2) is 30.5 Å². The van der Waals surface area contributed by atoms with E-state index in [2.05, 4.69) is 50.2 Å². The predicted molar refractivity (Wildman–Crippen MR) is 106 cm³/mol. The number of hydrogen-bond acceptors (Lipinski definition) is 4. The number of aromatic nitrogens is 5. The molecular weight excluding hydrogens is 354 g/mol. The number of aromatic amines is 1. The van der Waals surface area contributed by atoms with Crippen molar-refractivity contribution in [3.05, 3.63) is 36.3 Å². The molecule has 5 nitrogen and oxygen atoms in total. The molecule has 4 aliphatic rings. The van der Waals surface area contributed by atoms with Crippen molar-refractivity contribution in [2.24, 2.45) is 17.8 Å². The number of fused-ring (bicyclic) bond motifs is 2. The molecule has 0 spiro atoms. The van der Waals surface area contributed by atoms with E-state index in [1.807, 2.05) is 0 Å². The van der Waals surface area contributed by atoms with Crippen molar-refractivity contribution < 1.29 is 0 Å². The molecule has 3 heterocycles. The Morgan fingerprint density at radius 3 is 2.52 bits per heavy atom. The van der Waals surface area contributed by atoms with Crippen molar-refractivity contribution in [1.29, 1.82) is 0 Å². The van der Waals surface area contributed by atoms with Gasteiger partial charge in [0.25, 0.3) is 0 Å². The maximum absolute atomic E-state index is 5.01. The van der Waals surface area contributed by atoms with Crippen LogP contribution in [0.25, 0.3) is 26.4 Å². The Labute approximate surface area is 160 Å². The summed E-state index contributed by atoms with van der Waals surface area (Å²) in [5, 5.41) is 16.5. The summed E-state index contributed by atoms with van der Waals surface area (Å²) in [4.78, 5) is 4.30. The Hall–Kier alpha value is -2.21. The first kappa shape index (κ1) is 14.8. The lowest BCUT2D eigenvalue weighted by Crippen LogP contribution is -2.49. The first-order valence-corrected chi connectivity index (χ1v) is 10.9. The summed E-state index contributed by atoms with van der Waals surface area (Å²) >= 11 is 1.65. The molecule has 4 saturated carbocycles. The predicted octanol–water partition coefficient (Wildman–Crippen LogP) is 4.80. The monoisotopic (exact) mass is 375 g/mol. The molecule has 0 amide bonds. The molecule has 1 aromatic carbocycles. The number of nitrogens with one attached hydrogen (secondary N) is 1. The lowest BCUT2D eigenvalue weighted by atomic mass is 9.49. The van der Waals surface area contributed by atoms with E-state index in [0.717, 1.165) is 44.6 Å². The third-order valence-electron chi connectivity index (χ3n) is 7.32. The van der Waals surface area contributed by atoms with Gasteiger partial charge in [0.05, 0.1) is 0 Å². The van der Waals surface area contributed by atoms with Crippen LogP contribution < -0.4 is 0 Å². The molecule has 27 heavy (non-hydrogen) atoms. The third-order valence-corrected chi connectivity index (χ3v) is 8.26. The van der Waals surface area contributed by atoms with E-state index in [4.69, 9.17) is 5.10 Å². The highest BCUT2D eigenvalue weighted by atomic mass is 32.1. The van der Waals surface area contributed by atoms with Crippen LogP contribution in [0, 0.1) is 17.8 Å². The summed E-state index contributed by atoms with van der Waals surface area (Å²) in [7, 11) is 0. The molecule has 3 aromatic heterocycles. The molecule has 0 radical (unpaired) electrons. The largest absolute Gasteiger partial charge is 0.360 e. The summed E-state index contributed by atoms with van der Waals surface area (Å²) in [6.07, 6.45) is 10.3. The Kier molecular flexibility index (Phi) is 2.73. The van der Waals surface area contributed by atoms with E-state index in [-0.39, 0.29) is 5.41 Å². The van der Waals surface area contributed by atoms with E-state index in [9.17, 15) is 0 Å². The van der Waals surface area contributed by atoms with Crippen LogP contribution in [0.2, 0.25) is 0 Å². The molecule has 8 rings (SSSR count). The average molecular weight is 376 g/mol. The molecule has 4 fully saturated rings. The van der Waals surface area contributed by atoms with Crippen LogP contribution in [0.5, 0.6) is 0 Å². The van der Waals surface area contributed by atoms with Gasteiger partial charge >= 0.3 is 0 Å². The van der Waals surface area contributed by atoms with Crippen LogP contribution in [0.3, 0.4) is 0 Å². The average Bonchev–Trinajstić information content (AvgIpc) is 3.33. The van der Waals surface area contributed by atoms with Crippen LogP contribution >= 0.6 is 11.3 Å². The second-order valence-electron chi connectivity index (χ2n) is 9.07. The van der Waals surface area contributed by atoms with Crippen LogP contribution in [-0.2, 0) is 5.41 Å². The first-order valence-electron chi connectivity index (χ1n) is 10.1. The molecule has 136 valence electrons. The number of H-pyrrole nitrogens is 1. The SMILES string of the molecule is c1ccc2c(-c3nn4c(C56CC7CC(CC(C7)C5)C6)nnc4s3)c[nH]c2c1. The fourth-order valence-electron chi connectivity index (χ4n) is 6.69. The Bertz CT molecular complexity index is 1150. The van der Waals surface area contributed by atoms with E-state index in [0.29, 0.717) is 0 Å². The van der Waals surface area contributed by atoms with Gasteiger partial charge in [-0.3, -0.25) is 0 Å². The van der Waals surface area contributed by atoms with Gasteiger partial charge in [-0.25, -0.2) is 0 Å². The Balaban J connectivity index is 1.38. The van der Waals surface area contributed by atoms with Crippen molar-refractivity contribution >= 4 is 27.2 Å². The van der Waals surface area contributed by atoms with Gasteiger partial charge in [-0.2, -0.15) is 9.61 Å². The zero-order valence-corrected chi connectivity index (χ0v) is 15.9. The summed E-state index contributed by atoms with van der Waals surface area (Å²) in [5.74, 6) is 3.83. The van der Waals surface area contributed by atoms with Crippen molar-refractivity contribution in [3.63, 3.8) is 0 Å². The van der Waals surface area contributed by atoms with Crippen molar-refractivity contribution in [2.45, 2.75) is 43.9 Å². The highest BCUT2D eigenvalue weighted by Gasteiger charge is 2.54. The van der Waals surface area contributed by atoms with Gasteiger partial charge in [-0.15, -0.1) is 10.2 Å². The highest BCUT2D eigenvalue weighted by Crippen LogP contribution is 2.60. The van der Waals surface area contributed by atoms with Gasteiger partial charge in [-0.1, -0.05) is 29.5 Å². The minimum absolute atomic E-state index is 0.222. The Morgan fingerprint density at radius 1 is 1.00 bits per heavy atom. The van der Waals surface area contributed by atoms with Gasteiger partial charge < -0.3 is 4.98 Å². The van der Waals surface area contributed by atoms with Gasteiger partial charge in [0, 0.05) is 28.1 Å². The lowest BCUT2D eigenvalue weighted by molar-refractivity contribution is -0.0103. The maximum Gasteiger partial charge on any atom is 0.235 e. The number of benzene rings is 1. The standard InChI is InChI=1S/C21H21N5S/c1-2-4-17-15(3-1)16(11-22-17)18-25-26-19(23-24-20(26)27-18)21-8-12-5-13(9-21)7-14(6-12)10-21/h1-4,11-14,22H,5-10H2. The van der Waals surface area contributed by atoms with Crippen LogP contribution in [-0.4, -0.2) is 24.8 Å². The molecule has 0 atom stereocenters. The third kappa shape index (κ3) is 1.97. The second-order valence-corrected chi connectivity index (χ2v) is 10.0. The summed E-state index contributed by atoms with van der Waals surface area (Å²) in [5.41, 5.74) is 2.54. The topological polar surface area (TPSA) is 58.9 Å². The molecule has 0 saturated heterocycles. The lowest BCUT2D eigenvalue weighted by Gasteiger charge is -2.55.